The van der Waals surface area contributed by atoms with Crippen molar-refractivity contribution >= 4 is 28.8 Å². The standard InChI is InChI=1S/C11H12N2O2S/c1-3-15-11(14)9-8(16-2)5-4-7-10(9)13-6-12-7/h4-6H,3H2,1-2H3,(H,12,13). The molecule has 16 heavy (non-hydrogen) atoms. The van der Waals surface area contributed by atoms with Gasteiger partial charge < -0.3 is 9.72 Å². The van der Waals surface area contributed by atoms with Crippen LogP contribution in [-0.2, 0) is 4.74 Å². The van der Waals surface area contributed by atoms with Crippen LogP contribution >= 0.6 is 11.8 Å². The second-order valence-corrected chi connectivity index (χ2v) is 4.01. The average Bonchev–Trinajstić information content (AvgIpc) is 2.75. The van der Waals surface area contributed by atoms with E-state index in [9.17, 15) is 4.79 Å². The molecule has 0 fully saturated rings. The molecular formula is C11H12N2O2S. The first kappa shape index (κ1) is 11.0. The maximum atomic E-state index is 11.8. The monoisotopic (exact) mass is 236 g/mol. The van der Waals surface area contributed by atoms with Crippen molar-refractivity contribution in [1.29, 1.82) is 0 Å². The number of carbonyl (C=O) groups excluding carboxylic acids is 1. The number of aromatic nitrogens is 2. The SMILES string of the molecule is CCOC(=O)c1c(SC)ccc2[nH]cnc12. The van der Waals surface area contributed by atoms with Gasteiger partial charge in [-0.1, -0.05) is 0 Å². The van der Waals surface area contributed by atoms with Crippen LogP contribution in [0.3, 0.4) is 0 Å². The molecule has 1 aromatic heterocycles. The van der Waals surface area contributed by atoms with Crippen LogP contribution in [-0.4, -0.2) is 28.8 Å². The van der Waals surface area contributed by atoms with Gasteiger partial charge in [0, 0.05) is 4.90 Å². The normalized spacial score (nSPS) is 10.6. The lowest BCUT2D eigenvalue weighted by atomic mass is 10.2. The highest BCUT2D eigenvalue weighted by atomic mass is 32.2. The Balaban J connectivity index is 2.61. The van der Waals surface area contributed by atoms with E-state index >= 15 is 0 Å². The fraction of sp³-hybridized carbons (Fsp3) is 0.273. The Morgan fingerprint density at radius 1 is 1.56 bits per heavy atom. The molecule has 0 radical (unpaired) electrons. The molecule has 84 valence electrons. The molecule has 0 bridgehead atoms. The van der Waals surface area contributed by atoms with E-state index in [1.54, 1.807) is 13.3 Å². The zero-order chi connectivity index (χ0) is 11.5. The minimum atomic E-state index is -0.315. The highest BCUT2D eigenvalue weighted by Crippen LogP contribution is 2.27. The highest BCUT2D eigenvalue weighted by molar-refractivity contribution is 7.98. The Labute approximate surface area is 97.4 Å². The molecule has 0 saturated carbocycles. The number of imidazole rings is 1. The summed E-state index contributed by atoms with van der Waals surface area (Å²) in [6, 6.07) is 3.81. The first-order valence-corrected chi connectivity index (χ1v) is 6.17. The van der Waals surface area contributed by atoms with Crippen molar-refractivity contribution in [1.82, 2.24) is 9.97 Å². The Kier molecular flexibility index (Phi) is 3.14. The minimum Gasteiger partial charge on any atom is -0.462 e. The van der Waals surface area contributed by atoms with Gasteiger partial charge in [0.25, 0.3) is 0 Å². The number of carbonyl (C=O) groups is 1. The number of hydrogen-bond acceptors (Lipinski definition) is 4. The van der Waals surface area contributed by atoms with Gasteiger partial charge in [0.15, 0.2) is 0 Å². The van der Waals surface area contributed by atoms with Crippen molar-refractivity contribution in [2.24, 2.45) is 0 Å². The number of ether oxygens (including phenoxy) is 1. The van der Waals surface area contributed by atoms with Crippen LogP contribution in [0, 0.1) is 0 Å². The summed E-state index contributed by atoms with van der Waals surface area (Å²) in [5.74, 6) is -0.315. The topological polar surface area (TPSA) is 55.0 Å². The van der Waals surface area contributed by atoms with Gasteiger partial charge in [0.2, 0.25) is 0 Å². The lowest BCUT2D eigenvalue weighted by Gasteiger charge is -2.07. The van der Waals surface area contributed by atoms with Crippen LogP contribution in [0.1, 0.15) is 17.3 Å². The van der Waals surface area contributed by atoms with Gasteiger partial charge in [0.05, 0.1) is 18.5 Å². The molecule has 5 heteroatoms. The molecule has 0 unspecified atom stereocenters. The summed E-state index contributed by atoms with van der Waals surface area (Å²) in [6.07, 6.45) is 3.51. The molecule has 0 saturated heterocycles. The van der Waals surface area contributed by atoms with Gasteiger partial charge in [0.1, 0.15) is 11.1 Å². The van der Waals surface area contributed by atoms with E-state index in [0.717, 1.165) is 10.4 Å². The second-order valence-electron chi connectivity index (χ2n) is 3.16. The van der Waals surface area contributed by atoms with E-state index in [1.807, 2.05) is 18.4 Å². The van der Waals surface area contributed by atoms with Crippen LogP contribution in [0.25, 0.3) is 11.0 Å². The number of rotatable bonds is 3. The fourth-order valence-corrected chi connectivity index (χ4v) is 2.15. The summed E-state index contributed by atoms with van der Waals surface area (Å²) in [5.41, 5.74) is 2.07. The van der Waals surface area contributed by atoms with Gasteiger partial charge in [-0.2, -0.15) is 0 Å². The Morgan fingerprint density at radius 3 is 3.06 bits per heavy atom. The summed E-state index contributed by atoms with van der Waals surface area (Å²) < 4.78 is 5.04. The summed E-state index contributed by atoms with van der Waals surface area (Å²) in [7, 11) is 0. The van der Waals surface area contributed by atoms with Crippen LogP contribution < -0.4 is 0 Å². The largest absolute Gasteiger partial charge is 0.462 e. The molecule has 1 N–H and O–H groups in total. The third-order valence-electron chi connectivity index (χ3n) is 2.25. The Hall–Kier alpha value is -1.49. The van der Waals surface area contributed by atoms with Crippen molar-refractivity contribution in [3.8, 4) is 0 Å². The third-order valence-corrected chi connectivity index (χ3v) is 3.03. The molecule has 0 aliphatic heterocycles. The molecule has 0 aliphatic carbocycles. The molecular weight excluding hydrogens is 224 g/mol. The van der Waals surface area contributed by atoms with E-state index in [1.165, 1.54) is 11.8 Å². The number of nitrogens with one attached hydrogen (secondary N) is 1. The maximum absolute atomic E-state index is 11.8. The zero-order valence-electron chi connectivity index (χ0n) is 9.11. The number of benzene rings is 1. The first-order valence-electron chi connectivity index (χ1n) is 4.95. The fourth-order valence-electron chi connectivity index (χ4n) is 1.56. The molecule has 0 spiro atoms. The summed E-state index contributed by atoms with van der Waals surface area (Å²) in [6.45, 7) is 2.16. The van der Waals surface area contributed by atoms with Crippen molar-refractivity contribution in [3.63, 3.8) is 0 Å². The molecule has 0 amide bonds. The van der Waals surface area contributed by atoms with E-state index in [-0.39, 0.29) is 5.97 Å². The zero-order valence-corrected chi connectivity index (χ0v) is 9.93. The van der Waals surface area contributed by atoms with E-state index < -0.39 is 0 Å². The lowest BCUT2D eigenvalue weighted by Crippen LogP contribution is -2.07. The van der Waals surface area contributed by atoms with Gasteiger partial charge in [-0.15, -0.1) is 11.8 Å². The van der Waals surface area contributed by atoms with Crippen LogP contribution in [0.15, 0.2) is 23.4 Å². The number of aromatic amines is 1. The van der Waals surface area contributed by atoms with Gasteiger partial charge in [-0.05, 0) is 25.3 Å². The van der Waals surface area contributed by atoms with Gasteiger partial charge >= 0.3 is 5.97 Å². The number of thioether (sulfide) groups is 1. The summed E-state index contributed by atoms with van der Waals surface area (Å²) in [5, 5.41) is 0. The summed E-state index contributed by atoms with van der Waals surface area (Å²) >= 11 is 1.51. The minimum absolute atomic E-state index is 0.315. The van der Waals surface area contributed by atoms with Gasteiger partial charge in [-0.25, -0.2) is 9.78 Å². The van der Waals surface area contributed by atoms with E-state index in [2.05, 4.69) is 9.97 Å². The van der Waals surface area contributed by atoms with E-state index in [0.29, 0.717) is 17.7 Å². The van der Waals surface area contributed by atoms with Crippen molar-refractivity contribution in [2.45, 2.75) is 11.8 Å². The number of hydrogen-bond donors (Lipinski definition) is 1. The van der Waals surface area contributed by atoms with Crippen LogP contribution in [0.5, 0.6) is 0 Å². The number of fused-ring (bicyclic) bond motifs is 1. The number of nitrogens with zero attached hydrogens (tertiary/aromatic N) is 1. The summed E-state index contributed by atoms with van der Waals surface area (Å²) in [4.78, 5) is 19.9. The van der Waals surface area contributed by atoms with Crippen LogP contribution in [0.2, 0.25) is 0 Å². The average molecular weight is 236 g/mol. The molecule has 4 nitrogen and oxygen atoms in total. The molecule has 2 aromatic rings. The lowest BCUT2D eigenvalue weighted by molar-refractivity contribution is 0.0524. The van der Waals surface area contributed by atoms with Crippen molar-refractivity contribution in [3.05, 3.63) is 24.0 Å². The van der Waals surface area contributed by atoms with E-state index in [4.69, 9.17) is 4.74 Å². The quantitative estimate of drug-likeness (QED) is 0.657. The highest BCUT2D eigenvalue weighted by Gasteiger charge is 2.17. The smallest absolute Gasteiger partial charge is 0.341 e. The third kappa shape index (κ3) is 1.78. The molecule has 0 atom stereocenters. The number of H-pyrrole nitrogens is 1. The predicted molar refractivity (Wildman–Crippen MR) is 63.8 cm³/mol. The maximum Gasteiger partial charge on any atom is 0.341 e. The Bertz CT molecular complexity index is 522. The molecule has 2 rings (SSSR count). The molecule has 0 aliphatic rings. The number of esters is 1. The predicted octanol–water partition coefficient (Wildman–Crippen LogP) is 2.46. The van der Waals surface area contributed by atoms with Crippen molar-refractivity contribution < 1.29 is 9.53 Å². The van der Waals surface area contributed by atoms with Crippen molar-refractivity contribution in [2.75, 3.05) is 12.9 Å². The first-order chi connectivity index (χ1) is 7.77. The molecule has 1 heterocycles. The second kappa shape index (κ2) is 4.57. The van der Waals surface area contributed by atoms with Gasteiger partial charge in [-0.3, -0.25) is 0 Å². The van der Waals surface area contributed by atoms with Crippen LogP contribution in [0.4, 0.5) is 0 Å². The Morgan fingerprint density at radius 2 is 2.38 bits per heavy atom. The molecule has 1 aromatic carbocycles.